The van der Waals surface area contributed by atoms with E-state index in [-0.39, 0.29) is 6.54 Å². The average molecular weight is 362 g/mol. The standard InChI is InChI=1S/C18H33F2N3S/c1-3-7-22-8-4-16(18(19,20)14-22)11-21-9-5-17(6-10-21)12-23(13-17)15-24-2/h16H,3-15H2,1-2H3. The molecule has 0 aromatic heterocycles. The Kier molecular flexibility index (Phi) is 6.11. The molecule has 1 spiro atoms. The van der Waals surface area contributed by atoms with E-state index in [0.717, 1.165) is 38.5 Å². The summed E-state index contributed by atoms with van der Waals surface area (Å²) >= 11 is 1.89. The van der Waals surface area contributed by atoms with Gasteiger partial charge in [-0.3, -0.25) is 9.80 Å². The number of halogens is 2. The molecule has 3 fully saturated rings. The second kappa shape index (κ2) is 7.77. The summed E-state index contributed by atoms with van der Waals surface area (Å²) in [5, 5.41) is 0. The summed E-state index contributed by atoms with van der Waals surface area (Å²) in [6, 6.07) is 0. The SMILES string of the molecule is CCCN1CCC(CN2CCC3(CC2)CN(CSC)C3)C(F)(F)C1. The molecule has 3 saturated heterocycles. The summed E-state index contributed by atoms with van der Waals surface area (Å²) in [6.07, 6.45) is 6.15. The molecular weight excluding hydrogens is 328 g/mol. The van der Waals surface area contributed by atoms with Crippen molar-refractivity contribution >= 4 is 11.8 Å². The monoisotopic (exact) mass is 361 g/mol. The minimum absolute atomic E-state index is 0.0348. The molecule has 0 aliphatic carbocycles. The summed E-state index contributed by atoms with van der Waals surface area (Å²) in [7, 11) is 0. The second-order valence-electron chi connectivity index (χ2n) is 8.23. The lowest BCUT2D eigenvalue weighted by Crippen LogP contribution is -2.60. The second-order valence-corrected chi connectivity index (χ2v) is 9.06. The van der Waals surface area contributed by atoms with Gasteiger partial charge in [0.25, 0.3) is 5.92 Å². The Bertz CT molecular complexity index is 405. The fraction of sp³-hybridized carbons (Fsp3) is 1.00. The lowest BCUT2D eigenvalue weighted by Gasteiger charge is -2.54. The van der Waals surface area contributed by atoms with E-state index in [2.05, 4.69) is 23.0 Å². The van der Waals surface area contributed by atoms with Crippen molar-refractivity contribution in [1.82, 2.24) is 14.7 Å². The van der Waals surface area contributed by atoms with E-state index in [4.69, 9.17) is 0 Å². The molecule has 3 heterocycles. The highest BCUT2D eigenvalue weighted by atomic mass is 32.2. The molecule has 3 rings (SSSR count). The van der Waals surface area contributed by atoms with Crippen molar-refractivity contribution in [2.24, 2.45) is 11.3 Å². The predicted octanol–water partition coefficient (Wildman–Crippen LogP) is 3.07. The normalized spacial score (nSPS) is 31.2. The van der Waals surface area contributed by atoms with Crippen LogP contribution in [0.2, 0.25) is 0 Å². The van der Waals surface area contributed by atoms with Gasteiger partial charge in [0.2, 0.25) is 0 Å². The number of thioether (sulfide) groups is 1. The van der Waals surface area contributed by atoms with Gasteiger partial charge in [-0.1, -0.05) is 6.92 Å². The van der Waals surface area contributed by atoms with Crippen LogP contribution in [-0.2, 0) is 0 Å². The first-order chi connectivity index (χ1) is 11.5. The third kappa shape index (κ3) is 4.25. The Morgan fingerprint density at radius 2 is 1.71 bits per heavy atom. The van der Waals surface area contributed by atoms with Crippen LogP contribution in [0.4, 0.5) is 8.78 Å². The van der Waals surface area contributed by atoms with Gasteiger partial charge in [0.15, 0.2) is 0 Å². The number of hydrogen-bond acceptors (Lipinski definition) is 4. The molecule has 0 aromatic carbocycles. The molecule has 140 valence electrons. The van der Waals surface area contributed by atoms with Crippen LogP contribution in [0.1, 0.15) is 32.6 Å². The molecule has 1 unspecified atom stereocenters. The zero-order valence-corrected chi connectivity index (χ0v) is 16.1. The molecule has 0 aromatic rings. The van der Waals surface area contributed by atoms with Gasteiger partial charge in [0.05, 0.1) is 6.54 Å². The smallest absolute Gasteiger partial charge is 0.264 e. The number of piperidine rings is 2. The van der Waals surface area contributed by atoms with Gasteiger partial charge in [-0.25, -0.2) is 8.78 Å². The van der Waals surface area contributed by atoms with Crippen molar-refractivity contribution < 1.29 is 8.78 Å². The van der Waals surface area contributed by atoms with Crippen LogP contribution < -0.4 is 0 Å². The summed E-state index contributed by atoms with van der Waals surface area (Å²) in [4.78, 5) is 6.77. The topological polar surface area (TPSA) is 9.72 Å². The molecule has 6 heteroatoms. The lowest BCUT2D eigenvalue weighted by atomic mass is 9.72. The van der Waals surface area contributed by atoms with E-state index in [9.17, 15) is 8.78 Å². The fourth-order valence-electron chi connectivity index (χ4n) is 4.80. The van der Waals surface area contributed by atoms with Crippen molar-refractivity contribution in [2.45, 2.75) is 38.5 Å². The molecule has 0 bridgehead atoms. The Balaban J connectivity index is 1.43. The van der Waals surface area contributed by atoms with Crippen molar-refractivity contribution in [3.8, 4) is 0 Å². The van der Waals surface area contributed by atoms with E-state index in [1.807, 2.05) is 16.7 Å². The largest absolute Gasteiger partial charge is 0.303 e. The predicted molar refractivity (Wildman–Crippen MR) is 97.8 cm³/mol. The minimum atomic E-state index is -2.52. The van der Waals surface area contributed by atoms with Crippen LogP contribution >= 0.6 is 11.8 Å². The van der Waals surface area contributed by atoms with Gasteiger partial charge < -0.3 is 4.90 Å². The molecule has 1 atom stereocenters. The first-order valence-corrected chi connectivity index (χ1v) is 10.9. The highest BCUT2D eigenvalue weighted by molar-refractivity contribution is 7.98. The van der Waals surface area contributed by atoms with Crippen molar-refractivity contribution in [3.63, 3.8) is 0 Å². The fourth-order valence-corrected chi connectivity index (χ4v) is 5.35. The van der Waals surface area contributed by atoms with Crippen LogP contribution in [0.3, 0.4) is 0 Å². The summed E-state index contributed by atoms with van der Waals surface area (Å²) in [5.74, 6) is -1.84. The van der Waals surface area contributed by atoms with Crippen LogP contribution in [0.25, 0.3) is 0 Å². The number of hydrogen-bond donors (Lipinski definition) is 0. The van der Waals surface area contributed by atoms with E-state index < -0.39 is 11.8 Å². The van der Waals surface area contributed by atoms with Crippen LogP contribution in [0.5, 0.6) is 0 Å². The maximum absolute atomic E-state index is 14.5. The van der Waals surface area contributed by atoms with E-state index in [1.165, 1.54) is 25.9 Å². The maximum Gasteiger partial charge on any atom is 0.264 e. The van der Waals surface area contributed by atoms with Gasteiger partial charge in [-0.15, -0.1) is 11.8 Å². The highest BCUT2D eigenvalue weighted by Gasteiger charge is 2.47. The zero-order valence-electron chi connectivity index (χ0n) is 15.3. The average Bonchev–Trinajstić information content (AvgIpc) is 2.50. The highest BCUT2D eigenvalue weighted by Crippen LogP contribution is 2.42. The van der Waals surface area contributed by atoms with Gasteiger partial charge >= 0.3 is 0 Å². The lowest BCUT2D eigenvalue weighted by molar-refractivity contribution is -0.123. The van der Waals surface area contributed by atoms with Crippen molar-refractivity contribution in [2.75, 3.05) is 64.5 Å². The molecule has 3 aliphatic heterocycles. The first-order valence-electron chi connectivity index (χ1n) is 9.50. The quantitative estimate of drug-likeness (QED) is 0.719. The zero-order chi connectivity index (χ0) is 17.2. The summed E-state index contributed by atoms with van der Waals surface area (Å²) in [5.41, 5.74) is 0.499. The molecule has 0 amide bonds. The third-order valence-corrected chi connectivity index (χ3v) is 6.81. The number of rotatable bonds is 6. The molecular formula is C18H33F2N3S. The molecule has 0 saturated carbocycles. The van der Waals surface area contributed by atoms with Gasteiger partial charge in [-0.2, -0.15) is 0 Å². The molecule has 0 radical (unpaired) electrons. The number of likely N-dealkylation sites (tertiary alicyclic amines) is 3. The third-order valence-electron chi connectivity index (χ3n) is 6.19. The summed E-state index contributed by atoms with van der Waals surface area (Å²) in [6.45, 7) is 8.73. The summed E-state index contributed by atoms with van der Waals surface area (Å²) < 4.78 is 29.0. The maximum atomic E-state index is 14.5. The van der Waals surface area contributed by atoms with Gasteiger partial charge in [-0.05, 0) is 63.5 Å². The van der Waals surface area contributed by atoms with Gasteiger partial charge in [0.1, 0.15) is 0 Å². The van der Waals surface area contributed by atoms with Gasteiger partial charge in [0, 0.05) is 31.4 Å². The van der Waals surface area contributed by atoms with E-state index in [1.54, 1.807) is 0 Å². The van der Waals surface area contributed by atoms with Crippen molar-refractivity contribution in [3.05, 3.63) is 0 Å². The van der Waals surface area contributed by atoms with Crippen LogP contribution in [0.15, 0.2) is 0 Å². The molecule has 0 N–H and O–H groups in total. The molecule has 3 nitrogen and oxygen atoms in total. The van der Waals surface area contributed by atoms with E-state index in [0.29, 0.717) is 18.4 Å². The van der Waals surface area contributed by atoms with Crippen LogP contribution in [0, 0.1) is 11.3 Å². The van der Waals surface area contributed by atoms with Crippen molar-refractivity contribution in [1.29, 1.82) is 0 Å². The number of alkyl halides is 2. The van der Waals surface area contributed by atoms with Crippen LogP contribution in [-0.4, -0.2) is 85.1 Å². The Morgan fingerprint density at radius 1 is 1.00 bits per heavy atom. The minimum Gasteiger partial charge on any atom is -0.303 e. The Labute approximate surface area is 150 Å². The Morgan fingerprint density at radius 3 is 2.29 bits per heavy atom. The molecule has 3 aliphatic rings. The molecule has 24 heavy (non-hydrogen) atoms. The Hall–Kier alpha value is 0.0900. The van der Waals surface area contributed by atoms with E-state index >= 15 is 0 Å². The number of nitrogens with zero attached hydrogens (tertiary/aromatic N) is 3. The first kappa shape index (κ1) is 18.9.